The molecule has 7 rings (SSSR count). The molecular weight excluding hydrogens is 653 g/mol. The molecule has 280 valence electrons. The molecule has 1 aromatic heterocycles. The summed E-state index contributed by atoms with van der Waals surface area (Å²) in [6.45, 7) is 17.0. The van der Waals surface area contributed by atoms with Gasteiger partial charge < -0.3 is 18.9 Å². The normalized spacial score (nSPS) is 25.8. The van der Waals surface area contributed by atoms with Gasteiger partial charge in [0.25, 0.3) is 0 Å². The third kappa shape index (κ3) is 7.51. The topological polar surface area (TPSA) is 98.2 Å². The van der Waals surface area contributed by atoms with Crippen LogP contribution >= 0.6 is 0 Å². The number of imide groups is 1. The summed E-state index contributed by atoms with van der Waals surface area (Å²) >= 11 is 0. The summed E-state index contributed by atoms with van der Waals surface area (Å²) in [6, 6.07) is 13.3. The zero-order valence-corrected chi connectivity index (χ0v) is 32.4. The van der Waals surface area contributed by atoms with E-state index in [-0.39, 0.29) is 42.2 Å². The Balaban J connectivity index is 0.838. The molecule has 4 aliphatic rings. The molecule has 52 heavy (non-hydrogen) atoms. The van der Waals surface area contributed by atoms with E-state index in [1.54, 1.807) is 0 Å². The largest absolute Gasteiger partial charge is 0.495 e. The Hall–Kier alpha value is -3.41. The van der Waals surface area contributed by atoms with E-state index in [0.29, 0.717) is 18.9 Å². The molecule has 1 saturated carbocycles. The number of ether oxygens (including phenoxy) is 1. The smallest absolute Gasteiger partial charge is 0.490 e. The van der Waals surface area contributed by atoms with Gasteiger partial charge in [-0.25, -0.2) is 0 Å². The molecule has 4 heterocycles. The standard InChI is InChI=1S/C41H58BN5O5/c1-27(46-22-24-47(25-23-46)30-16-19-32-35(26-30)45(7)44-38(32)33-20-21-37(48)43-39(33)49)10-8-11-29-14-17-31(18-15-29)50-36-13-9-12-34(28(36)2)42-51-40(3,4)41(5,6)52-42/h9,12-13,16,19,26-27,29,31,33H,8,10-11,14-15,17-18,20-25H2,1-7H3,(H,43,48,49)/t27-,29?,31?,33-/m1/s1. The molecule has 10 nitrogen and oxygen atoms in total. The van der Waals surface area contributed by atoms with Crippen molar-refractivity contribution in [2.75, 3.05) is 31.1 Å². The molecule has 2 amide bonds. The molecule has 0 spiro atoms. The predicted molar refractivity (Wildman–Crippen MR) is 206 cm³/mol. The highest BCUT2D eigenvalue weighted by Crippen LogP contribution is 2.38. The van der Waals surface area contributed by atoms with E-state index in [9.17, 15) is 9.59 Å². The maximum atomic E-state index is 12.5. The van der Waals surface area contributed by atoms with Crippen LogP contribution < -0.4 is 20.4 Å². The van der Waals surface area contributed by atoms with Gasteiger partial charge >= 0.3 is 7.12 Å². The molecular formula is C41H58BN5O5. The molecule has 2 atom stereocenters. The van der Waals surface area contributed by atoms with Crippen LogP contribution in [0.15, 0.2) is 36.4 Å². The van der Waals surface area contributed by atoms with Crippen molar-refractivity contribution in [3.05, 3.63) is 47.7 Å². The van der Waals surface area contributed by atoms with Crippen LogP contribution in [0.5, 0.6) is 5.75 Å². The third-order valence-electron chi connectivity index (χ3n) is 12.9. The first kappa shape index (κ1) is 36.9. The number of piperazine rings is 1. The van der Waals surface area contributed by atoms with Gasteiger partial charge in [0.2, 0.25) is 11.8 Å². The number of fused-ring (bicyclic) bond motifs is 1. The van der Waals surface area contributed by atoms with Crippen LogP contribution in [0, 0.1) is 12.8 Å². The SMILES string of the molecule is Cc1c(OC2CCC(CCC[C@@H](C)N3CCN(c4ccc5c([C@H]6CCC(=O)NC6=O)nn(C)c5c4)CC3)CC2)cccc1B1OC(C)(C)C(C)(C)O1. The lowest BCUT2D eigenvalue weighted by atomic mass is 9.76. The summed E-state index contributed by atoms with van der Waals surface area (Å²) in [7, 11) is 1.56. The average Bonchev–Trinajstić information content (AvgIpc) is 3.55. The molecule has 0 unspecified atom stereocenters. The van der Waals surface area contributed by atoms with Gasteiger partial charge in [-0.15, -0.1) is 0 Å². The van der Waals surface area contributed by atoms with Gasteiger partial charge in [0.05, 0.1) is 34.4 Å². The minimum atomic E-state index is -0.381. The number of benzene rings is 2. The van der Waals surface area contributed by atoms with Crippen LogP contribution in [0.25, 0.3) is 10.9 Å². The third-order valence-corrected chi connectivity index (χ3v) is 12.9. The number of carbonyl (C=O) groups is 2. The van der Waals surface area contributed by atoms with Crippen molar-refractivity contribution < 1.29 is 23.6 Å². The number of aryl methyl sites for hydroxylation is 1. The van der Waals surface area contributed by atoms with E-state index in [1.807, 2.05) is 11.7 Å². The van der Waals surface area contributed by atoms with E-state index in [2.05, 4.69) is 93.1 Å². The second kappa shape index (κ2) is 14.8. The van der Waals surface area contributed by atoms with Gasteiger partial charge in [-0.1, -0.05) is 25.0 Å². The highest BCUT2D eigenvalue weighted by atomic mass is 16.7. The Bertz CT molecular complexity index is 1760. The highest BCUT2D eigenvalue weighted by Gasteiger charge is 2.52. The van der Waals surface area contributed by atoms with Crippen molar-refractivity contribution in [3.8, 4) is 5.75 Å². The van der Waals surface area contributed by atoms with Crippen molar-refractivity contribution >= 4 is 41.0 Å². The Labute approximate surface area is 310 Å². The molecule has 0 radical (unpaired) electrons. The lowest BCUT2D eigenvalue weighted by Gasteiger charge is -2.39. The molecule has 0 bridgehead atoms. The lowest BCUT2D eigenvalue weighted by Crippen LogP contribution is -2.49. The van der Waals surface area contributed by atoms with E-state index in [0.717, 1.165) is 78.3 Å². The molecule has 1 N–H and O–H groups in total. The van der Waals surface area contributed by atoms with E-state index in [4.69, 9.17) is 19.1 Å². The fourth-order valence-corrected chi connectivity index (χ4v) is 8.69. The van der Waals surface area contributed by atoms with Crippen LogP contribution in [-0.4, -0.2) is 83.1 Å². The minimum absolute atomic E-state index is 0.199. The lowest BCUT2D eigenvalue weighted by molar-refractivity contribution is -0.134. The number of hydrogen-bond donors (Lipinski definition) is 1. The van der Waals surface area contributed by atoms with Crippen LogP contribution in [0.1, 0.15) is 110 Å². The molecule has 3 aliphatic heterocycles. The van der Waals surface area contributed by atoms with Crippen LogP contribution in [0.4, 0.5) is 5.69 Å². The first-order chi connectivity index (χ1) is 24.8. The number of piperidine rings is 1. The van der Waals surface area contributed by atoms with E-state index < -0.39 is 0 Å². The van der Waals surface area contributed by atoms with Crippen molar-refractivity contribution in [1.29, 1.82) is 0 Å². The number of nitrogens with zero attached hydrogens (tertiary/aromatic N) is 4. The molecule has 1 aliphatic carbocycles. The fraction of sp³-hybridized carbons (Fsp3) is 0.634. The molecule has 3 saturated heterocycles. The number of rotatable bonds is 10. The molecule has 3 aromatic rings. The number of hydrogen-bond acceptors (Lipinski definition) is 8. The number of aromatic nitrogens is 2. The second-order valence-electron chi connectivity index (χ2n) is 16.8. The molecule has 2 aromatic carbocycles. The van der Waals surface area contributed by atoms with Crippen molar-refractivity contribution in [2.24, 2.45) is 13.0 Å². The van der Waals surface area contributed by atoms with Gasteiger partial charge in [0.15, 0.2) is 0 Å². The Kier molecular flexibility index (Phi) is 10.5. The maximum absolute atomic E-state index is 12.5. The van der Waals surface area contributed by atoms with Gasteiger partial charge in [-0.3, -0.25) is 24.5 Å². The number of nitrogens with one attached hydrogen (secondary N) is 1. The van der Waals surface area contributed by atoms with Crippen LogP contribution in [0.2, 0.25) is 0 Å². The van der Waals surface area contributed by atoms with Gasteiger partial charge in [-0.2, -0.15) is 5.10 Å². The molecule has 11 heteroatoms. The number of amides is 2. The monoisotopic (exact) mass is 711 g/mol. The second-order valence-corrected chi connectivity index (χ2v) is 16.8. The van der Waals surface area contributed by atoms with Crippen molar-refractivity contribution in [3.63, 3.8) is 0 Å². The zero-order valence-electron chi connectivity index (χ0n) is 32.4. The van der Waals surface area contributed by atoms with Crippen LogP contribution in [-0.2, 0) is 25.9 Å². The first-order valence-corrected chi connectivity index (χ1v) is 19.7. The summed E-state index contributed by atoms with van der Waals surface area (Å²) < 4.78 is 21.2. The summed E-state index contributed by atoms with van der Waals surface area (Å²) in [5, 5.41) is 8.19. The van der Waals surface area contributed by atoms with Gasteiger partial charge in [0, 0.05) is 56.8 Å². The van der Waals surface area contributed by atoms with Gasteiger partial charge in [0.1, 0.15) is 5.75 Å². The Morgan fingerprint density at radius 1 is 0.981 bits per heavy atom. The summed E-state index contributed by atoms with van der Waals surface area (Å²) in [5.74, 6) is 0.930. The summed E-state index contributed by atoms with van der Waals surface area (Å²) in [4.78, 5) is 29.3. The predicted octanol–water partition coefficient (Wildman–Crippen LogP) is 6.02. The van der Waals surface area contributed by atoms with E-state index >= 15 is 0 Å². The maximum Gasteiger partial charge on any atom is 0.495 e. The number of anilines is 1. The quantitative estimate of drug-likeness (QED) is 0.202. The minimum Gasteiger partial charge on any atom is -0.490 e. The fourth-order valence-electron chi connectivity index (χ4n) is 8.69. The number of carbonyl (C=O) groups excluding carboxylic acids is 2. The van der Waals surface area contributed by atoms with E-state index in [1.165, 1.54) is 37.8 Å². The molecule has 4 fully saturated rings. The summed E-state index contributed by atoms with van der Waals surface area (Å²) in [5.41, 5.74) is 4.45. The summed E-state index contributed by atoms with van der Waals surface area (Å²) in [6.07, 6.45) is 9.67. The first-order valence-electron chi connectivity index (χ1n) is 19.7. The Morgan fingerprint density at radius 2 is 1.69 bits per heavy atom. The highest BCUT2D eigenvalue weighted by molar-refractivity contribution is 6.62. The average molecular weight is 712 g/mol. The van der Waals surface area contributed by atoms with Gasteiger partial charge in [-0.05, 0) is 121 Å². The zero-order chi connectivity index (χ0) is 36.8. The van der Waals surface area contributed by atoms with Crippen molar-refractivity contribution in [2.45, 2.75) is 129 Å². The van der Waals surface area contributed by atoms with Crippen LogP contribution in [0.3, 0.4) is 0 Å². The van der Waals surface area contributed by atoms with Crippen molar-refractivity contribution in [1.82, 2.24) is 20.0 Å². The Morgan fingerprint density at radius 3 is 2.38 bits per heavy atom.